The van der Waals surface area contributed by atoms with E-state index in [0.717, 1.165) is 4.88 Å². The highest BCUT2D eigenvalue weighted by molar-refractivity contribution is 7.10. The van der Waals surface area contributed by atoms with E-state index in [1.165, 1.54) is 0 Å². The SMILES string of the molecule is Cc1noc(C)c1C(=O)NCC(OCCO)c1cccs1. The number of nitrogens with zero attached hydrogens (tertiary/aromatic N) is 1. The molecule has 0 radical (unpaired) electrons. The van der Waals surface area contributed by atoms with Gasteiger partial charge in [0.25, 0.3) is 5.91 Å². The van der Waals surface area contributed by atoms with Crippen LogP contribution in [0.15, 0.2) is 22.0 Å². The summed E-state index contributed by atoms with van der Waals surface area (Å²) in [7, 11) is 0. The van der Waals surface area contributed by atoms with Gasteiger partial charge in [-0.3, -0.25) is 4.79 Å². The van der Waals surface area contributed by atoms with E-state index in [1.54, 1.807) is 25.2 Å². The minimum atomic E-state index is -0.276. The summed E-state index contributed by atoms with van der Waals surface area (Å²) in [6.07, 6.45) is -0.276. The monoisotopic (exact) mass is 310 g/mol. The van der Waals surface area contributed by atoms with E-state index >= 15 is 0 Å². The second kappa shape index (κ2) is 7.35. The van der Waals surface area contributed by atoms with Gasteiger partial charge in [0.2, 0.25) is 0 Å². The average Bonchev–Trinajstić information content (AvgIpc) is 3.09. The molecule has 7 heteroatoms. The van der Waals surface area contributed by atoms with Gasteiger partial charge >= 0.3 is 0 Å². The van der Waals surface area contributed by atoms with Crippen LogP contribution in [0.1, 0.15) is 32.8 Å². The molecule has 0 saturated heterocycles. The van der Waals surface area contributed by atoms with Crippen molar-refractivity contribution in [2.24, 2.45) is 0 Å². The molecule has 2 rings (SSSR count). The zero-order valence-electron chi connectivity index (χ0n) is 12.0. The van der Waals surface area contributed by atoms with E-state index < -0.39 is 0 Å². The molecule has 0 fully saturated rings. The van der Waals surface area contributed by atoms with Crippen LogP contribution in [0, 0.1) is 13.8 Å². The predicted octanol–water partition coefficient (Wildman–Crippen LogP) is 1.83. The van der Waals surface area contributed by atoms with Crippen LogP contribution in [0.5, 0.6) is 0 Å². The van der Waals surface area contributed by atoms with Crippen molar-refractivity contribution in [3.8, 4) is 0 Å². The van der Waals surface area contributed by atoms with Gasteiger partial charge in [0, 0.05) is 11.4 Å². The van der Waals surface area contributed by atoms with Crippen LogP contribution < -0.4 is 5.32 Å². The van der Waals surface area contributed by atoms with Crippen molar-refractivity contribution in [2.75, 3.05) is 19.8 Å². The second-order valence-corrected chi connectivity index (χ2v) is 5.49. The Kier molecular flexibility index (Phi) is 5.49. The number of amides is 1. The van der Waals surface area contributed by atoms with Crippen LogP contribution >= 0.6 is 11.3 Å². The summed E-state index contributed by atoms with van der Waals surface area (Å²) in [6, 6.07) is 3.86. The van der Waals surface area contributed by atoms with Crippen LogP contribution in [0.4, 0.5) is 0 Å². The molecule has 1 atom stereocenters. The number of carbonyl (C=O) groups is 1. The van der Waals surface area contributed by atoms with Gasteiger partial charge < -0.3 is 19.7 Å². The van der Waals surface area contributed by atoms with E-state index in [9.17, 15) is 4.79 Å². The number of aryl methyl sites for hydroxylation is 2. The maximum atomic E-state index is 12.2. The van der Waals surface area contributed by atoms with Crippen molar-refractivity contribution in [1.29, 1.82) is 0 Å². The lowest BCUT2D eigenvalue weighted by Crippen LogP contribution is -2.30. The minimum Gasteiger partial charge on any atom is -0.394 e. The van der Waals surface area contributed by atoms with Gasteiger partial charge in [-0.2, -0.15) is 0 Å². The van der Waals surface area contributed by atoms with Gasteiger partial charge in [0.05, 0.1) is 18.9 Å². The number of hydrogen-bond donors (Lipinski definition) is 2. The topological polar surface area (TPSA) is 84.6 Å². The molecule has 0 aliphatic rings. The number of thiophene rings is 1. The fraction of sp³-hybridized carbons (Fsp3) is 0.429. The molecule has 0 aliphatic carbocycles. The number of carbonyl (C=O) groups excluding carboxylic acids is 1. The standard InChI is InChI=1S/C14H18N2O4S/c1-9-13(10(2)20-16-9)14(18)15-8-11(19-6-5-17)12-4-3-7-21-12/h3-4,7,11,17H,5-6,8H2,1-2H3,(H,15,18). The second-order valence-electron chi connectivity index (χ2n) is 4.51. The molecular formula is C14H18N2O4S. The molecule has 0 bridgehead atoms. The van der Waals surface area contributed by atoms with Crippen LogP contribution in [-0.4, -0.2) is 35.9 Å². The summed E-state index contributed by atoms with van der Waals surface area (Å²) in [5.74, 6) is 0.259. The van der Waals surface area contributed by atoms with Crippen molar-refractivity contribution in [3.05, 3.63) is 39.4 Å². The van der Waals surface area contributed by atoms with Crippen molar-refractivity contribution in [3.63, 3.8) is 0 Å². The molecule has 2 N–H and O–H groups in total. The van der Waals surface area contributed by atoms with Gasteiger partial charge in [-0.1, -0.05) is 11.2 Å². The number of ether oxygens (including phenoxy) is 1. The Morgan fingerprint density at radius 1 is 1.57 bits per heavy atom. The molecule has 0 spiro atoms. The molecule has 1 amide bonds. The lowest BCUT2D eigenvalue weighted by atomic mass is 10.2. The summed E-state index contributed by atoms with van der Waals surface area (Å²) >= 11 is 1.55. The molecule has 0 aromatic carbocycles. The lowest BCUT2D eigenvalue weighted by molar-refractivity contribution is 0.0296. The van der Waals surface area contributed by atoms with Gasteiger partial charge in [0.1, 0.15) is 17.4 Å². The molecule has 114 valence electrons. The zero-order valence-corrected chi connectivity index (χ0v) is 12.8. The fourth-order valence-corrected chi connectivity index (χ4v) is 2.77. The van der Waals surface area contributed by atoms with E-state index in [2.05, 4.69) is 10.5 Å². The van der Waals surface area contributed by atoms with Crippen LogP contribution in [0.25, 0.3) is 0 Å². The summed E-state index contributed by atoms with van der Waals surface area (Å²) < 4.78 is 10.6. The highest BCUT2D eigenvalue weighted by atomic mass is 32.1. The van der Waals surface area contributed by atoms with Gasteiger partial charge in [-0.15, -0.1) is 11.3 Å². The van der Waals surface area contributed by atoms with E-state index in [4.69, 9.17) is 14.4 Å². The summed E-state index contributed by atoms with van der Waals surface area (Å²) in [4.78, 5) is 13.2. The first kappa shape index (κ1) is 15.7. The summed E-state index contributed by atoms with van der Waals surface area (Å²) in [5, 5.41) is 17.4. The third-order valence-corrected chi connectivity index (χ3v) is 3.94. The van der Waals surface area contributed by atoms with Gasteiger partial charge in [-0.05, 0) is 25.3 Å². The number of aromatic nitrogens is 1. The van der Waals surface area contributed by atoms with Crippen LogP contribution in [-0.2, 0) is 4.74 Å². The van der Waals surface area contributed by atoms with E-state index in [0.29, 0.717) is 23.6 Å². The van der Waals surface area contributed by atoms with E-state index in [1.807, 2.05) is 17.5 Å². The highest BCUT2D eigenvalue weighted by Crippen LogP contribution is 2.22. The maximum absolute atomic E-state index is 12.2. The predicted molar refractivity (Wildman–Crippen MR) is 78.4 cm³/mol. The Balaban J connectivity index is 2.00. The van der Waals surface area contributed by atoms with Crippen LogP contribution in [0.2, 0.25) is 0 Å². The molecule has 1 unspecified atom stereocenters. The summed E-state index contributed by atoms with van der Waals surface area (Å²) in [5.41, 5.74) is 1.02. The molecule has 2 aromatic rings. The Bertz CT molecular complexity index is 560. The highest BCUT2D eigenvalue weighted by Gasteiger charge is 2.20. The van der Waals surface area contributed by atoms with Crippen molar-refractivity contribution in [2.45, 2.75) is 20.0 Å². The van der Waals surface area contributed by atoms with Gasteiger partial charge in [-0.25, -0.2) is 0 Å². The largest absolute Gasteiger partial charge is 0.394 e. The Morgan fingerprint density at radius 3 is 2.95 bits per heavy atom. The van der Waals surface area contributed by atoms with Crippen molar-refractivity contribution >= 4 is 17.2 Å². The fourth-order valence-electron chi connectivity index (χ4n) is 1.99. The molecule has 2 aromatic heterocycles. The Hall–Kier alpha value is -1.70. The van der Waals surface area contributed by atoms with Crippen molar-refractivity contribution in [1.82, 2.24) is 10.5 Å². The normalized spacial score (nSPS) is 12.3. The Labute approximate surface area is 126 Å². The van der Waals surface area contributed by atoms with Crippen LogP contribution in [0.3, 0.4) is 0 Å². The molecule has 2 heterocycles. The Morgan fingerprint density at radius 2 is 2.38 bits per heavy atom. The minimum absolute atomic E-state index is 0.0559. The van der Waals surface area contributed by atoms with E-state index in [-0.39, 0.29) is 25.2 Å². The summed E-state index contributed by atoms with van der Waals surface area (Å²) in [6.45, 7) is 3.92. The molecule has 21 heavy (non-hydrogen) atoms. The molecule has 6 nitrogen and oxygen atoms in total. The number of rotatable bonds is 7. The quantitative estimate of drug-likeness (QED) is 0.815. The molecule has 0 aliphatic heterocycles. The average molecular weight is 310 g/mol. The first-order chi connectivity index (χ1) is 10.1. The lowest BCUT2D eigenvalue weighted by Gasteiger charge is -2.16. The number of nitrogens with one attached hydrogen (secondary N) is 1. The number of aliphatic hydroxyl groups excluding tert-OH is 1. The first-order valence-corrected chi connectivity index (χ1v) is 7.48. The first-order valence-electron chi connectivity index (χ1n) is 6.60. The third-order valence-electron chi connectivity index (χ3n) is 2.98. The smallest absolute Gasteiger partial charge is 0.256 e. The number of aliphatic hydroxyl groups is 1. The third kappa shape index (κ3) is 3.90. The molecular weight excluding hydrogens is 292 g/mol. The maximum Gasteiger partial charge on any atom is 0.256 e. The molecule has 0 saturated carbocycles. The number of hydrogen-bond acceptors (Lipinski definition) is 6. The van der Waals surface area contributed by atoms with Gasteiger partial charge in [0.15, 0.2) is 0 Å². The van der Waals surface area contributed by atoms with Crippen molar-refractivity contribution < 1.29 is 19.2 Å². The zero-order chi connectivity index (χ0) is 15.2.